The van der Waals surface area contributed by atoms with E-state index < -0.39 is 12.1 Å². The molecule has 2 heterocycles. The zero-order valence-electron chi connectivity index (χ0n) is 10.7. The number of amides is 1. The van der Waals surface area contributed by atoms with Gasteiger partial charge in [0.1, 0.15) is 0 Å². The number of carboxylic acids is 1. The van der Waals surface area contributed by atoms with E-state index in [1.165, 1.54) is 0 Å². The van der Waals surface area contributed by atoms with Crippen molar-refractivity contribution in [3.63, 3.8) is 0 Å². The third kappa shape index (κ3) is 3.20. The molecule has 1 amide bonds. The first-order valence-electron chi connectivity index (χ1n) is 6.41. The highest BCUT2D eigenvalue weighted by atomic mass is 16.5. The van der Waals surface area contributed by atoms with E-state index >= 15 is 0 Å². The Kier molecular flexibility index (Phi) is 4.19. The highest BCUT2D eigenvalue weighted by Crippen LogP contribution is 2.21. The molecule has 2 unspecified atom stereocenters. The van der Waals surface area contributed by atoms with Gasteiger partial charge in [-0.15, -0.1) is 0 Å². The van der Waals surface area contributed by atoms with E-state index in [0.717, 1.165) is 25.9 Å². The minimum Gasteiger partial charge on any atom is -0.479 e. The second kappa shape index (κ2) is 5.67. The summed E-state index contributed by atoms with van der Waals surface area (Å²) in [5, 5.41) is 8.86. The predicted molar refractivity (Wildman–Crippen MR) is 64.2 cm³/mol. The number of hydrogen-bond donors (Lipinski definition) is 1. The average molecular weight is 256 g/mol. The lowest BCUT2D eigenvalue weighted by Crippen LogP contribution is -2.38. The number of carbonyl (C=O) groups is 2. The Hall–Kier alpha value is -1.14. The van der Waals surface area contributed by atoms with Gasteiger partial charge in [-0.3, -0.25) is 9.69 Å². The van der Waals surface area contributed by atoms with Crippen molar-refractivity contribution in [1.82, 2.24) is 9.80 Å². The van der Waals surface area contributed by atoms with Crippen LogP contribution < -0.4 is 0 Å². The molecule has 2 rings (SSSR count). The van der Waals surface area contributed by atoms with Gasteiger partial charge in [-0.05, 0) is 19.3 Å². The molecule has 0 spiro atoms. The van der Waals surface area contributed by atoms with E-state index in [9.17, 15) is 9.59 Å². The molecule has 0 saturated carbocycles. The maximum Gasteiger partial charge on any atom is 0.332 e. The van der Waals surface area contributed by atoms with E-state index in [-0.39, 0.29) is 12.0 Å². The fraction of sp³-hybridized carbons (Fsp3) is 0.833. The Bertz CT molecular complexity index is 334. The zero-order valence-corrected chi connectivity index (χ0v) is 10.7. The quantitative estimate of drug-likeness (QED) is 0.756. The zero-order chi connectivity index (χ0) is 13.1. The molecule has 2 fully saturated rings. The largest absolute Gasteiger partial charge is 0.479 e. The molecule has 0 aromatic rings. The number of hydrogen-bond acceptors (Lipinski definition) is 4. The maximum atomic E-state index is 11.7. The molecular formula is C12H20N2O4. The van der Waals surface area contributed by atoms with Gasteiger partial charge in [-0.2, -0.15) is 0 Å². The van der Waals surface area contributed by atoms with Gasteiger partial charge in [0.15, 0.2) is 6.10 Å². The molecule has 0 aliphatic carbocycles. The first-order chi connectivity index (χ1) is 8.56. The lowest BCUT2D eigenvalue weighted by Gasteiger charge is -2.22. The number of rotatable bonds is 3. The van der Waals surface area contributed by atoms with Crippen LogP contribution in [0.2, 0.25) is 0 Å². The Morgan fingerprint density at radius 2 is 2.22 bits per heavy atom. The van der Waals surface area contributed by atoms with Crippen LogP contribution in [0, 0.1) is 0 Å². The smallest absolute Gasteiger partial charge is 0.332 e. The van der Waals surface area contributed by atoms with Crippen LogP contribution in [0.1, 0.15) is 19.3 Å². The third-order valence-corrected chi connectivity index (χ3v) is 3.60. The van der Waals surface area contributed by atoms with Crippen LogP contribution >= 0.6 is 0 Å². The standard InChI is InChI=1S/C12H20N2O4/c1-13-5-2-6-14(8-11(13)15)7-9-3-4-10(18-9)12(16)17/h9-10H,2-8H2,1H3,(H,16,17). The average Bonchev–Trinajstić information content (AvgIpc) is 2.71. The lowest BCUT2D eigenvalue weighted by atomic mass is 10.2. The molecule has 0 aromatic carbocycles. The molecule has 2 atom stereocenters. The van der Waals surface area contributed by atoms with Crippen molar-refractivity contribution in [3.05, 3.63) is 0 Å². The van der Waals surface area contributed by atoms with Gasteiger partial charge in [-0.1, -0.05) is 0 Å². The summed E-state index contributed by atoms with van der Waals surface area (Å²) in [7, 11) is 1.82. The van der Waals surface area contributed by atoms with Crippen LogP contribution in [0.25, 0.3) is 0 Å². The molecule has 6 heteroatoms. The molecule has 0 aromatic heterocycles. The number of likely N-dealkylation sites (N-methyl/N-ethyl adjacent to an activating group) is 1. The lowest BCUT2D eigenvalue weighted by molar-refractivity contribution is -0.150. The molecule has 2 aliphatic rings. The maximum absolute atomic E-state index is 11.7. The summed E-state index contributed by atoms with van der Waals surface area (Å²) in [5.41, 5.74) is 0. The van der Waals surface area contributed by atoms with Gasteiger partial charge in [0.2, 0.25) is 5.91 Å². The summed E-state index contributed by atoms with van der Waals surface area (Å²) in [5.74, 6) is -0.760. The number of aliphatic carboxylic acids is 1. The van der Waals surface area contributed by atoms with Gasteiger partial charge < -0.3 is 14.7 Å². The van der Waals surface area contributed by atoms with Crippen LogP contribution in [0.15, 0.2) is 0 Å². The van der Waals surface area contributed by atoms with Crippen molar-refractivity contribution in [1.29, 1.82) is 0 Å². The third-order valence-electron chi connectivity index (χ3n) is 3.60. The van der Waals surface area contributed by atoms with Crippen LogP contribution in [0.5, 0.6) is 0 Å². The van der Waals surface area contributed by atoms with Crippen molar-refractivity contribution >= 4 is 11.9 Å². The molecule has 6 nitrogen and oxygen atoms in total. The van der Waals surface area contributed by atoms with Crippen molar-refractivity contribution < 1.29 is 19.4 Å². The fourth-order valence-corrected chi connectivity index (χ4v) is 2.51. The highest BCUT2D eigenvalue weighted by molar-refractivity contribution is 5.78. The van der Waals surface area contributed by atoms with E-state index in [0.29, 0.717) is 19.5 Å². The minimum atomic E-state index is -0.885. The predicted octanol–water partition coefficient (Wildman–Crippen LogP) is -0.217. The molecule has 2 saturated heterocycles. The van der Waals surface area contributed by atoms with Gasteiger partial charge in [0.25, 0.3) is 0 Å². The Morgan fingerprint density at radius 1 is 1.44 bits per heavy atom. The minimum absolute atomic E-state index is 0.0534. The van der Waals surface area contributed by atoms with Crippen molar-refractivity contribution in [2.24, 2.45) is 0 Å². The molecule has 1 N–H and O–H groups in total. The van der Waals surface area contributed by atoms with Crippen molar-refractivity contribution in [3.8, 4) is 0 Å². The van der Waals surface area contributed by atoms with Gasteiger partial charge >= 0.3 is 5.97 Å². The number of nitrogens with zero attached hydrogens (tertiary/aromatic N) is 2. The van der Waals surface area contributed by atoms with Gasteiger partial charge in [-0.25, -0.2) is 4.79 Å². The van der Waals surface area contributed by atoms with Crippen LogP contribution in [0.3, 0.4) is 0 Å². The normalized spacial score (nSPS) is 30.5. The van der Waals surface area contributed by atoms with Crippen molar-refractivity contribution in [2.75, 3.05) is 33.2 Å². The Morgan fingerprint density at radius 3 is 2.89 bits per heavy atom. The van der Waals surface area contributed by atoms with Gasteiger partial charge in [0, 0.05) is 26.7 Å². The molecule has 18 heavy (non-hydrogen) atoms. The van der Waals surface area contributed by atoms with Crippen LogP contribution in [-0.2, 0) is 14.3 Å². The number of carboxylic acid groups (broad SMARTS) is 1. The summed E-state index contributed by atoms with van der Waals surface area (Å²) in [6.45, 7) is 2.73. The number of ether oxygens (including phenoxy) is 1. The summed E-state index contributed by atoms with van der Waals surface area (Å²) >= 11 is 0. The molecule has 0 radical (unpaired) electrons. The topological polar surface area (TPSA) is 70.1 Å². The Balaban J connectivity index is 1.83. The molecule has 0 bridgehead atoms. The highest BCUT2D eigenvalue weighted by Gasteiger charge is 2.32. The van der Waals surface area contributed by atoms with E-state index in [4.69, 9.17) is 9.84 Å². The Labute approximate surface area is 106 Å². The van der Waals surface area contributed by atoms with Crippen LogP contribution in [0.4, 0.5) is 0 Å². The van der Waals surface area contributed by atoms with E-state index in [1.807, 2.05) is 7.05 Å². The molecule has 102 valence electrons. The van der Waals surface area contributed by atoms with E-state index in [1.54, 1.807) is 4.90 Å². The van der Waals surface area contributed by atoms with Crippen molar-refractivity contribution in [2.45, 2.75) is 31.5 Å². The molecular weight excluding hydrogens is 236 g/mol. The summed E-state index contributed by atoms with van der Waals surface area (Å²) in [6.07, 6.45) is 1.57. The first-order valence-corrected chi connectivity index (χ1v) is 6.41. The summed E-state index contributed by atoms with van der Waals surface area (Å²) in [6, 6.07) is 0. The van der Waals surface area contributed by atoms with Crippen LogP contribution in [-0.4, -0.2) is 72.2 Å². The summed E-state index contributed by atoms with van der Waals surface area (Å²) < 4.78 is 5.46. The molecule has 2 aliphatic heterocycles. The second-order valence-electron chi connectivity index (χ2n) is 5.07. The SMILES string of the molecule is CN1CCCN(CC2CCC(C(=O)O)O2)CC1=O. The number of carbonyl (C=O) groups excluding carboxylic acids is 1. The van der Waals surface area contributed by atoms with E-state index in [2.05, 4.69) is 4.90 Å². The monoisotopic (exact) mass is 256 g/mol. The fourth-order valence-electron chi connectivity index (χ4n) is 2.51. The summed E-state index contributed by atoms with van der Waals surface area (Å²) in [4.78, 5) is 26.3. The second-order valence-corrected chi connectivity index (χ2v) is 5.07. The first kappa shape index (κ1) is 13.3. The van der Waals surface area contributed by atoms with Gasteiger partial charge in [0.05, 0.1) is 12.6 Å².